The molecule has 0 aliphatic heterocycles. The number of hydrogen-bond donors (Lipinski definition) is 2. The molecule has 0 amide bonds. The quantitative estimate of drug-likeness (QED) is 0.878. The van der Waals surface area contributed by atoms with Crippen molar-refractivity contribution in [3.63, 3.8) is 0 Å². The molecule has 4 nitrogen and oxygen atoms in total. The molecular formula is C14H21F3N2O2. The first-order valence-corrected chi connectivity index (χ1v) is 6.59. The van der Waals surface area contributed by atoms with Crippen molar-refractivity contribution in [1.29, 1.82) is 0 Å². The van der Waals surface area contributed by atoms with E-state index < -0.39 is 23.7 Å². The third kappa shape index (κ3) is 6.31. The van der Waals surface area contributed by atoms with Gasteiger partial charge in [-0.25, -0.2) is 4.98 Å². The minimum Gasteiger partial charge on any atom is -0.474 e. The van der Waals surface area contributed by atoms with E-state index >= 15 is 0 Å². The zero-order chi connectivity index (χ0) is 16.3. The number of pyridine rings is 1. The highest BCUT2D eigenvalue weighted by Gasteiger charge is 2.35. The van der Waals surface area contributed by atoms with E-state index in [0.717, 1.165) is 6.07 Å². The summed E-state index contributed by atoms with van der Waals surface area (Å²) in [4.78, 5) is 3.65. The molecule has 1 unspecified atom stereocenters. The van der Waals surface area contributed by atoms with Crippen LogP contribution in [0.2, 0.25) is 0 Å². The molecule has 2 N–H and O–H groups in total. The van der Waals surface area contributed by atoms with Gasteiger partial charge in [-0.15, -0.1) is 0 Å². The Labute approximate surface area is 122 Å². The topological polar surface area (TPSA) is 54.4 Å². The third-order valence-electron chi connectivity index (χ3n) is 2.57. The molecule has 21 heavy (non-hydrogen) atoms. The zero-order valence-electron chi connectivity index (χ0n) is 12.6. The molecule has 1 aromatic rings. The number of aryl methyl sites for hydroxylation is 1. The molecule has 0 bridgehead atoms. The summed E-state index contributed by atoms with van der Waals surface area (Å²) in [6.07, 6.45) is -4.17. The summed E-state index contributed by atoms with van der Waals surface area (Å²) in [6.45, 7) is 7.24. The number of hydrogen-bond acceptors (Lipinski definition) is 4. The van der Waals surface area contributed by atoms with Crippen LogP contribution in [0.4, 0.5) is 13.2 Å². The van der Waals surface area contributed by atoms with Crippen LogP contribution < -0.4 is 10.1 Å². The normalized spacial score (nSPS) is 14.1. The number of β-amino-alcohol motifs (C(OH)–C–C–N with tert-alkyl or cyclic N) is 1. The lowest BCUT2D eigenvalue weighted by Gasteiger charge is -2.23. The van der Waals surface area contributed by atoms with Crippen molar-refractivity contribution < 1.29 is 23.0 Å². The van der Waals surface area contributed by atoms with Crippen LogP contribution in [0.5, 0.6) is 5.88 Å². The Kier molecular flexibility index (Phi) is 5.58. The van der Waals surface area contributed by atoms with E-state index in [0.29, 0.717) is 5.56 Å². The molecule has 0 spiro atoms. The minimum atomic E-state index is -4.54. The van der Waals surface area contributed by atoms with Crippen molar-refractivity contribution in [2.24, 2.45) is 0 Å². The highest BCUT2D eigenvalue weighted by molar-refractivity contribution is 5.32. The van der Waals surface area contributed by atoms with Crippen LogP contribution in [-0.4, -0.2) is 34.9 Å². The van der Waals surface area contributed by atoms with Crippen LogP contribution in [0, 0.1) is 6.92 Å². The van der Waals surface area contributed by atoms with Gasteiger partial charge in [-0.3, -0.25) is 0 Å². The first-order chi connectivity index (χ1) is 9.49. The maximum Gasteiger partial charge on any atom is 0.421 e. The fourth-order valence-corrected chi connectivity index (χ4v) is 1.53. The lowest BCUT2D eigenvalue weighted by Crippen LogP contribution is -2.42. The van der Waals surface area contributed by atoms with Crippen molar-refractivity contribution in [2.45, 2.75) is 45.5 Å². The number of aliphatic hydroxyl groups is 1. The Morgan fingerprint density at radius 1 is 1.33 bits per heavy atom. The van der Waals surface area contributed by atoms with Gasteiger partial charge in [-0.05, 0) is 39.3 Å². The van der Waals surface area contributed by atoms with Gasteiger partial charge in [0.1, 0.15) is 18.3 Å². The Morgan fingerprint density at radius 3 is 2.48 bits per heavy atom. The molecule has 1 rings (SSSR count). The summed E-state index contributed by atoms with van der Waals surface area (Å²) in [5, 5.41) is 12.8. The maximum atomic E-state index is 12.9. The number of ether oxygens (including phenoxy) is 1. The summed E-state index contributed by atoms with van der Waals surface area (Å²) in [7, 11) is 0. The monoisotopic (exact) mass is 306 g/mol. The SMILES string of the molecule is Cc1cnc(OCC(O)CNC(C)(C)C)c(C(F)(F)F)c1. The lowest BCUT2D eigenvalue weighted by molar-refractivity contribution is -0.139. The average Bonchev–Trinajstić information content (AvgIpc) is 2.32. The Bertz CT molecular complexity index is 470. The van der Waals surface area contributed by atoms with Crippen molar-refractivity contribution in [2.75, 3.05) is 13.2 Å². The maximum absolute atomic E-state index is 12.9. The summed E-state index contributed by atoms with van der Waals surface area (Å²) >= 11 is 0. The van der Waals surface area contributed by atoms with E-state index in [9.17, 15) is 18.3 Å². The van der Waals surface area contributed by atoms with Crippen LogP contribution in [0.15, 0.2) is 12.3 Å². The van der Waals surface area contributed by atoms with Gasteiger partial charge in [-0.1, -0.05) is 0 Å². The average molecular weight is 306 g/mol. The lowest BCUT2D eigenvalue weighted by atomic mass is 10.1. The largest absolute Gasteiger partial charge is 0.474 e. The second kappa shape index (κ2) is 6.62. The second-order valence-electron chi connectivity index (χ2n) is 5.96. The molecule has 0 aromatic carbocycles. The number of rotatable bonds is 5. The molecule has 1 atom stereocenters. The molecule has 0 radical (unpaired) electrons. The van der Waals surface area contributed by atoms with E-state index in [4.69, 9.17) is 4.74 Å². The van der Waals surface area contributed by atoms with Gasteiger partial charge in [0.05, 0.1) is 0 Å². The molecule has 1 aromatic heterocycles. The van der Waals surface area contributed by atoms with Gasteiger partial charge >= 0.3 is 6.18 Å². The van der Waals surface area contributed by atoms with Crippen LogP contribution in [0.3, 0.4) is 0 Å². The van der Waals surface area contributed by atoms with E-state index in [-0.39, 0.29) is 18.7 Å². The van der Waals surface area contributed by atoms with E-state index in [1.807, 2.05) is 20.8 Å². The van der Waals surface area contributed by atoms with Crippen LogP contribution >= 0.6 is 0 Å². The molecule has 0 aliphatic rings. The minimum absolute atomic E-state index is 0.194. The number of nitrogens with zero attached hydrogens (tertiary/aromatic N) is 1. The van der Waals surface area contributed by atoms with E-state index in [1.165, 1.54) is 13.1 Å². The van der Waals surface area contributed by atoms with Gasteiger partial charge in [0.25, 0.3) is 0 Å². The fraction of sp³-hybridized carbons (Fsp3) is 0.643. The summed E-state index contributed by atoms with van der Waals surface area (Å²) in [5.74, 6) is -0.511. The van der Waals surface area contributed by atoms with Gasteiger partial charge in [0.2, 0.25) is 5.88 Å². The summed E-state index contributed by atoms with van der Waals surface area (Å²) in [6, 6.07) is 0.974. The highest BCUT2D eigenvalue weighted by Crippen LogP contribution is 2.35. The molecule has 120 valence electrons. The number of alkyl halides is 3. The number of aliphatic hydroxyl groups excluding tert-OH is 1. The fourth-order valence-electron chi connectivity index (χ4n) is 1.53. The predicted octanol–water partition coefficient (Wildman–Crippen LogP) is 2.54. The molecular weight excluding hydrogens is 285 g/mol. The first kappa shape index (κ1) is 17.7. The van der Waals surface area contributed by atoms with Crippen molar-refractivity contribution in [3.05, 3.63) is 23.4 Å². The van der Waals surface area contributed by atoms with Gasteiger partial charge < -0.3 is 15.2 Å². The highest BCUT2D eigenvalue weighted by atomic mass is 19.4. The van der Waals surface area contributed by atoms with Crippen LogP contribution in [0.25, 0.3) is 0 Å². The first-order valence-electron chi connectivity index (χ1n) is 6.59. The molecule has 0 aliphatic carbocycles. The third-order valence-corrected chi connectivity index (χ3v) is 2.57. The molecule has 0 saturated heterocycles. The van der Waals surface area contributed by atoms with E-state index in [1.54, 1.807) is 0 Å². The Balaban J connectivity index is 2.67. The van der Waals surface area contributed by atoms with E-state index in [2.05, 4.69) is 10.3 Å². The summed E-state index contributed by atoms with van der Waals surface area (Å²) in [5.41, 5.74) is -0.733. The predicted molar refractivity (Wildman–Crippen MR) is 73.2 cm³/mol. The van der Waals surface area contributed by atoms with Crippen LogP contribution in [0.1, 0.15) is 31.9 Å². The van der Waals surface area contributed by atoms with Crippen molar-refractivity contribution in [1.82, 2.24) is 10.3 Å². The number of aromatic nitrogens is 1. The van der Waals surface area contributed by atoms with Crippen molar-refractivity contribution in [3.8, 4) is 5.88 Å². The zero-order valence-corrected chi connectivity index (χ0v) is 12.6. The molecule has 1 heterocycles. The molecule has 7 heteroatoms. The summed E-state index contributed by atoms with van der Waals surface area (Å²) < 4.78 is 43.6. The number of nitrogens with one attached hydrogen (secondary N) is 1. The van der Waals surface area contributed by atoms with Gasteiger partial charge in [-0.2, -0.15) is 13.2 Å². The Hall–Kier alpha value is -1.34. The number of halogens is 3. The van der Waals surface area contributed by atoms with Crippen LogP contribution in [-0.2, 0) is 6.18 Å². The standard InChI is InChI=1S/C14H21F3N2O2/c1-9-5-11(14(15,16)17)12(18-6-9)21-8-10(20)7-19-13(2,3)4/h5-6,10,19-20H,7-8H2,1-4H3. The Morgan fingerprint density at radius 2 is 1.95 bits per heavy atom. The molecule has 0 saturated carbocycles. The van der Waals surface area contributed by atoms with Gasteiger partial charge in [0, 0.05) is 18.3 Å². The molecule has 0 fully saturated rings. The second-order valence-corrected chi connectivity index (χ2v) is 5.96. The smallest absolute Gasteiger partial charge is 0.421 e. The van der Waals surface area contributed by atoms with Gasteiger partial charge in [0.15, 0.2) is 0 Å². The van der Waals surface area contributed by atoms with Crippen molar-refractivity contribution >= 4 is 0 Å².